The smallest absolute Gasteiger partial charge is 0.0602 e. The summed E-state index contributed by atoms with van der Waals surface area (Å²) in [6.45, 7) is 7.23. The first-order valence-corrected chi connectivity index (χ1v) is 11.9. The summed E-state index contributed by atoms with van der Waals surface area (Å²) in [4.78, 5) is 0. The molecule has 0 aromatic rings. The molecule has 4 N–H and O–H groups in total. The van der Waals surface area contributed by atoms with Gasteiger partial charge in [-0.3, -0.25) is 0 Å². The Morgan fingerprint density at radius 2 is 1.71 bits per heavy atom. The summed E-state index contributed by atoms with van der Waals surface area (Å²) >= 11 is 0. The van der Waals surface area contributed by atoms with Crippen LogP contribution in [0.15, 0.2) is 0 Å². The van der Waals surface area contributed by atoms with E-state index in [1.807, 2.05) is 0 Å². The van der Waals surface area contributed by atoms with Gasteiger partial charge >= 0.3 is 0 Å². The van der Waals surface area contributed by atoms with Crippen molar-refractivity contribution in [2.24, 2.45) is 46.3 Å². The van der Waals surface area contributed by atoms with Crippen molar-refractivity contribution in [3.8, 4) is 0 Å². The van der Waals surface area contributed by atoms with Crippen molar-refractivity contribution >= 4 is 0 Å². The van der Waals surface area contributed by atoms with E-state index in [9.17, 15) is 20.4 Å². The molecule has 28 heavy (non-hydrogen) atoms. The lowest BCUT2D eigenvalue weighted by atomic mass is 9.43. The number of aliphatic hydroxyl groups excluding tert-OH is 4. The van der Waals surface area contributed by atoms with Crippen LogP contribution in [0.1, 0.15) is 78.6 Å². The second-order valence-corrected chi connectivity index (χ2v) is 11.4. The van der Waals surface area contributed by atoms with Crippen LogP contribution in [0.25, 0.3) is 0 Å². The van der Waals surface area contributed by atoms with Crippen LogP contribution in [-0.4, -0.2) is 45.3 Å². The van der Waals surface area contributed by atoms with Crippen molar-refractivity contribution in [3.63, 3.8) is 0 Å². The topological polar surface area (TPSA) is 80.9 Å². The Labute approximate surface area is 170 Å². The van der Waals surface area contributed by atoms with Crippen molar-refractivity contribution < 1.29 is 20.4 Å². The first kappa shape index (κ1) is 21.1. The third-order valence-electron chi connectivity index (χ3n) is 10.3. The monoisotopic (exact) mass is 394 g/mol. The van der Waals surface area contributed by atoms with Gasteiger partial charge < -0.3 is 20.4 Å². The number of rotatable bonds is 4. The van der Waals surface area contributed by atoms with E-state index >= 15 is 0 Å². The molecule has 3 unspecified atom stereocenters. The molecule has 0 radical (unpaired) electrons. The number of hydrogen-bond donors (Lipinski definition) is 4. The fraction of sp³-hybridized carbons (Fsp3) is 1.00. The number of fused-ring (bicyclic) bond motifs is 5. The summed E-state index contributed by atoms with van der Waals surface area (Å²) < 4.78 is 0. The first-order valence-electron chi connectivity index (χ1n) is 11.9. The normalized spacial score (nSPS) is 54.5. The van der Waals surface area contributed by atoms with E-state index in [2.05, 4.69) is 20.8 Å². The van der Waals surface area contributed by atoms with Gasteiger partial charge in [-0.05, 0) is 104 Å². The van der Waals surface area contributed by atoms with Crippen LogP contribution >= 0.6 is 0 Å². The summed E-state index contributed by atoms with van der Waals surface area (Å²) in [5.41, 5.74) is 0.0282. The first-order chi connectivity index (χ1) is 13.2. The average Bonchev–Trinajstić information content (AvgIpc) is 3.01. The largest absolute Gasteiger partial charge is 0.396 e. The van der Waals surface area contributed by atoms with Gasteiger partial charge in [-0.15, -0.1) is 0 Å². The van der Waals surface area contributed by atoms with Crippen molar-refractivity contribution in [1.29, 1.82) is 0 Å². The van der Waals surface area contributed by atoms with E-state index < -0.39 is 0 Å². The van der Waals surface area contributed by atoms with Crippen molar-refractivity contribution in [1.82, 2.24) is 0 Å². The van der Waals surface area contributed by atoms with E-state index in [4.69, 9.17) is 0 Å². The maximum Gasteiger partial charge on any atom is 0.0602 e. The summed E-state index contributed by atoms with van der Waals surface area (Å²) in [5.74, 6) is 2.41. The third kappa shape index (κ3) is 3.01. The maximum atomic E-state index is 11.5. The van der Waals surface area contributed by atoms with Gasteiger partial charge in [0.15, 0.2) is 0 Å². The van der Waals surface area contributed by atoms with Gasteiger partial charge in [-0.1, -0.05) is 20.8 Å². The fourth-order valence-electron chi connectivity index (χ4n) is 8.75. The SMILES string of the molecule is C[C@H](CCCO)[C@H]1CCC2C3C(C[C@H](O)[C@@]21C)[C@@]1(C)CC[C@@H](O)C[C@H]1C[C@@H]3O. The van der Waals surface area contributed by atoms with E-state index in [-0.39, 0.29) is 35.7 Å². The van der Waals surface area contributed by atoms with Gasteiger partial charge in [0.05, 0.1) is 18.3 Å². The van der Waals surface area contributed by atoms with E-state index in [1.165, 1.54) is 0 Å². The minimum Gasteiger partial charge on any atom is -0.396 e. The molecule has 0 bridgehead atoms. The predicted molar refractivity (Wildman–Crippen MR) is 109 cm³/mol. The third-order valence-corrected chi connectivity index (χ3v) is 10.3. The average molecular weight is 395 g/mol. The second kappa shape index (κ2) is 7.51. The number of aliphatic hydroxyl groups is 4. The van der Waals surface area contributed by atoms with Gasteiger partial charge in [0, 0.05) is 6.61 Å². The predicted octanol–water partition coefficient (Wildman–Crippen LogP) is 3.36. The number of hydrogen-bond acceptors (Lipinski definition) is 4. The molecule has 4 rings (SSSR count). The molecule has 0 spiro atoms. The van der Waals surface area contributed by atoms with Crippen molar-refractivity contribution in [2.75, 3.05) is 6.61 Å². The van der Waals surface area contributed by atoms with Gasteiger partial charge in [0.25, 0.3) is 0 Å². The molecule has 0 heterocycles. The van der Waals surface area contributed by atoms with E-state index in [0.29, 0.717) is 35.5 Å². The molecule has 4 aliphatic rings. The lowest BCUT2D eigenvalue weighted by Gasteiger charge is -2.63. The van der Waals surface area contributed by atoms with E-state index in [1.54, 1.807) is 0 Å². The highest BCUT2D eigenvalue weighted by Gasteiger charge is 2.65. The highest BCUT2D eigenvalue weighted by molar-refractivity contribution is 5.14. The minimum atomic E-state index is -0.308. The Hall–Kier alpha value is -0.160. The van der Waals surface area contributed by atoms with Gasteiger partial charge in [-0.25, -0.2) is 0 Å². The molecule has 0 saturated heterocycles. The Bertz CT molecular complexity index is 567. The molecule has 0 aromatic heterocycles. The zero-order valence-corrected chi connectivity index (χ0v) is 18.1. The van der Waals surface area contributed by atoms with Crippen LogP contribution in [-0.2, 0) is 0 Å². The molecule has 4 saturated carbocycles. The van der Waals surface area contributed by atoms with Crippen LogP contribution in [0.4, 0.5) is 0 Å². The van der Waals surface area contributed by atoms with Gasteiger partial charge in [0.1, 0.15) is 0 Å². The fourth-order valence-corrected chi connectivity index (χ4v) is 8.75. The van der Waals surface area contributed by atoms with Crippen LogP contribution in [0, 0.1) is 46.3 Å². The molecule has 11 atom stereocenters. The lowest BCUT2D eigenvalue weighted by Crippen LogP contribution is -2.62. The van der Waals surface area contributed by atoms with Crippen molar-refractivity contribution in [3.05, 3.63) is 0 Å². The zero-order chi connectivity index (χ0) is 20.3. The summed E-state index contributed by atoms with van der Waals surface area (Å²) in [6, 6.07) is 0. The molecule has 4 aliphatic carbocycles. The summed E-state index contributed by atoms with van der Waals surface area (Å²) in [5, 5.41) is 42.2. The molecule has 0 aromatic carbocycles. The molecular weight excluding hydrogens is 352 g/mol. The van der Waals surface area contributed by atoms with Crippen molar-refractivity contribution in [2.45, 2.75) is 96.9 Å². The summed E-state index contributed by atoms with van der Waals surface area (Å²) in [7, 11) is 0. The standard InChI is InChI=1S/C24H42O4/c1-14(5-4-10-25)17-6-7-18-22-19(13-21(28)24(17,18)3)23(2)9-8-16(26)11-15(23)12-20(22)27/h14-22,25-28H,4-13H2,1-3H3/t14-,15+,16-,17-,18?,19?,20+,21+,22?,23+,24-/m1/s1. The Morgan fingerprint density at radius 1 is 0.964 bits per heavy atom. The summed E-state index contributed by atoms with van der Waals surface area (Å²) in [6.07, 6.45) is 7.62. The Kier molecular flexibility index (Phi) is 5.66. The molecule has 4 heteroatoms. The minimum absolute atomic E-state index is 0.117. The highest BCUT2D eigenvalue weighted by Crippen LogP contribution is 2.68. The molecule has 0 aliphatic heterocycles. The zero-order valence-electron chi connectivity index (χ0n) is 18.1. The molecule has 4 fully saturated rings. The Morgan fingerprint density at radius 3 is 2.43 bits per heavy atom. The van der Waals surface area contributed by atoms with Gasteiger partial charge in [-0.2, -0.15) is 0 Å². The maximum absolute atomic E-state index is 11.5. The van der Waals surface area contributed by atoms with Gasteiger partial charge in [0.2, 0.25) is 0 Å². The van der Waals surface area contributed by atoms with Crippen LogP contribution in [0.5, 0.6) is 0 Å². The quantitative estimate of drug-likeness (QED) is 0.589. The molecule has 4 nitrogen and oxygen atoms in total. The second-order valence-electron chi connectivity index (χ2n) is 11.4. The molecule has 162 valence electrons. The van der Waals surface area contributed by atoms with E-state index in [0.717, 1.165) is 57.8 Å². The lowest BCUT2D eigenvalue weighted by molar-refractivity contribution is -0.207. The highest BCUT2D eigenvalue weighted by atomic mass is 16.3. The van der Waals surface area contributed by atoms with Crippen LogP contribution in [0.2, 0.25) is 0 Å². The van der Waals surface area contributed by atoms with Crippen LogP contribution in [0.3, 0.4) is 0 Å². The molecule has 0 amide bonds. The Balaban J connectivity index is 1.62. The van der Waals surface area contributed by atoms with Crippen LogP contribution < -0.4 is 0 Å². The molecular formula is C24H42O4.